The number of aliphatic hydroxyl groups excluding tert-OH is 1. The van der Waals surface area contributed by atoms with Gasteiger partial charge < -0.3 is 15.5 Å². The van der Waals surface area contributed by atoms with Crippen LogP contribution in [0.4, 0.5) is 5.69 Å². The van der Waals surface area contributed by atoms with Gasteiger partial charge in [0.05, 0.1) is 12.5 Å². The summed E-state index contributed by atoms with van der Waals surface area (Å²) in [5.41, 5.74) is 1.89. The number of carbonyl (C=O) groups is 1. The van der Waals surface area contributed by atoms with Gasteiger partial charge in [-0.05, 0) is 43.4 Å². The third-order valence-electron chi connectivity index (χ3n) is 3.56. The summed E-state index contributed by atoms with van der Waals surface area (Å²) in [6.07, 6.45) is 3.26. The molecule has 0 heterocycles. The van der Waals surface area contributed by atoms with Crippen LogP contribution in [-0.2, 0) is 11.4 Å². The summed E-state index contributed by atoms with van der Waals surface area (Å²) in [5, 5.41) is 21.4. The molecule has 1 fully saturated rings. The Kier molecular flexibility index (Phi) is 4.20. The minimum absolute atomic E-state index is 0.0429. The monoisotopic (exact) mass is 249 g/mol. The van der Waals surface area contributed by atoms with Gasteiger partial charge in [-0.25, -0.2) is 0 Å². The first kappa shape index (κ1) is 12.9. The highest BCUT2D eigenvalue weighted by molar-refractivity contribution is 5.70. The lowest BCUT2D eigenvalue weighted by Gasteiger charge is -2.27. The second kappa shape index (κ2) is 5.87. The molecule has 3 N–H and O–H groups in total. The molecule has 2 rings (SSSR count). The number of carboxylic acid groups (broad SMARTS) is 1. The summed E-state index contributed by atoms with van der Waals surface area (Å²) in [7, 11) is 0. The van der Waals surface area contributed by atoms with Crippen molar-refractivity contribution in [2.24, 2.45) is 5.92 Å². The van der Waals surface area contributed by atoms with E-state index in [1.165, 1.54) is 0 Å². The molecule has 1 aromatic carbocycles. The van der Waals surface area contributed by atoms with Gasteiger partial charge >= 0.3 is 5.97 Å². The second-order valence-electron chi connectivity index (χ2n) is 4.89. The van der Waals surface area contributed by atoms with E-state index in [1.54, 1.807) is 0 Å². The van der Waals surface area contributed by atoms with E-state index in [0.29, 0.717) is 6.04 Å². The van der Waals surface area contributed by atoms with Gasteiger partial charge in [0.15, 0.2) is 0 Å². The summed E-state index contributed by atoms with van der Waals surface area (Å²) in [5.74, 6) is -0.845. The van der Waals surface area contributed by atoms with E-state index >= 15 is 0 Å². The van der Waals surface area contributed by atoms with E-state index in [0.717, 1.165) is 36.9 Å². The SMILES string of the molecule is O=C(O)C1CCC(Nc2cccc(CO)c2)CC1. The van der Waals surface area contributed by atoms with Gasteiger partial charge in [0, 0.05) is 11.7 Å². The van der Waals surface area contributed by atoms with Crippen molar-refractivity contribution in [2.75, 3.05) is 5.32 Å². The second-order valence-corrected chi connectivity index (χ2v) is 4.89. The van der Waals surface area contributed by atoms with Crippen molar-refractivity contribution < 1.29 is 15.0 Å². The summed E-state index contributed by atoms with van der Waals surface area (Å²) in [4.78, 5) is 10.9. The van der Waals surface area contributed by atoms with Crippen LogP contribution in [0.2, 0.25) is 0 Å². The number of rotatable bonds is 4. The molecule has 0 atom stereocenters. The lowest BCUT2D eigenvalue weighted by molar-refractivity contribution is -0.142. The van der Waals surface area contributed by atoms with Gasteiger partial charge in [-0.15, -0.1) is 0 Å². The molecule has 0 aliphatic heterocycles. The minimum Gasteiger partial charge on any atom is -0.481 e. The smallest absolute Gasteiger partial charge is 0.306 e. The van der Waals surface area contributed by atoms with Crippen molar-refractivity contribution >= 4 is 11.7 Å². The fraction of sp³-hybridized carbons (Fsp3) is 0.500. The first-order valence-electron chi connectivity index (χ1n) is 6.38. The molecule has 4 heteroatoms. The van der Waals surface area contributed by atoms with Crippen molar-refractivity contribution in [2.45, 2.75) is 38.3 Å². The average molecular weight is 249 g/mol. The van der Waals surface area contributed by atoms with Crippen molar-refractivity contribution in [3.8, 4) is 0 Å². The Hall–Kier alpha value is -1.55. The third-order valence-corrected chi connectivity index (χ3v) is 3.56. The number of anilines is 1. The predicted molar refractivity (Wildman–Crippen MR) is 69.4 cm³/mol. The number of hydrogen-bond donors (Lipinski definition) is 3. The van der Waals surface area contributed by atoms with Crippen LogP contribution in [0.1, 0.15) is 31.2 Å². The fourth-order valence-corrected chi connectivity index (χ4v) is 2.48. The van der Waals surface area contributed by atoms with E-state index in [9.17, 15) is 4.79 Å². The van der Waals surface area contributed by atoms with Crippen LogP contribution in [0.15, 0.2) is 24.3 Å². The van der Waals surface area contributed by atoms with Gasteiger partial charge in [-0.2, -0.15) is 0 Å². The summed E-state index contributed by atoms with van der Waals surface area (Å²) in [6, 6.07) is 8.05. The van der Waals surface area contributed by atoms with Crippen LogP contribution in [0.3, 0.4) is 0 Å². The molecule has 1 aliphatic rings. The van der Waals surface area contributed by atoms with Crippen molar-refractivity contribution in [3.05, 3.63) is 29.8 Å². The first-order chi connectivity index (χ1) is 8.69. The highest BCUT2D eigenvalue weighted by Gasteiger charge is 2.25. The van der Waals surface area contributed by atoms with Crippen LogP contribution in [0, 0.1) is 5.92 Å². The summed E-state index contributed by atoms with van der Waals surface area (Å²) in [6.45, 7) is 0.0429. The Bertz CT molecular complexity index is 411. The molecule has 0 saturated heterocycles. The third kappa shape index (κ3) is 3.23. The Balaban J connectivity index is 1.89. The van der Waals surface area contributed by atoms with E-state index in [1.807, 2.05) is 24.3 Å². The van der Waals surface area contributed by atoms with Crippen molar-refractivity contribution in [3.63, 3.8) is 0 Å². The lowest BCUT2D eigenvalue weighted by atomic mass is 9.86. The van der Waals surface area contributed by atoms with E-state index in [4.69, 9.17) is 10.2 Å². The van der Waals surface area contributed by atoms with Crippen molar-refractivity contribution in [1.29, 1.82) is 0 Å². The van der Waals surface area contributed by atoms with Gasteiger partial charge in [0.1, 0.15) is 0 Å². The number of nitrogens with one attached hydrogen (secondary N) is 1. The van der Waals surface area contributed by atoms with Gasteiger partial charge in [0.25, 0.3) is 0 Å². The van der Waals surface area contributed by atoms with Gasteiger partial charge in [0.2, 0.25) is 0 Å². The van der Waals surface area contributed by atoms with Crippen LogP contribution in [0.25, 0.3) is 0 Å². The zero-order chi connectivity index (χ0) is 13.0. The molecular formula is C14H19NO3. The Morgan fingerprint density at radius 1 is 1.28 bits per heavy atom. The summed E-state index contributed by atoms with van der Waals surface area (Å²) >= 11 is 0. The van der Waals surface area contributed by atoms with Crippen LogP contribution >= 0.6 is 0 Å². The first-order valence-corrected chi connectivity index (χ1v) is 6.38. The predicted octanol–water partition coefficient (Wildman–Crippen LogP) is 2.23. The molecule has 0 amide bonds. The summed E-state index contributed by atoms with van der Waals surface area (Å²) < 4.78 is 0. The molecule has 0 unspecified atom stereocenters. The molecular weight excluding hydrogens is 230 g/mol. The molecule has 18 heavy (non-hydrogen) atoms. The van der Waals surface area contributed by atoms with Crippen LogP contribution < -0.4 is 5.32 Å². The largest absolute Gasteiger partial charge is 0.481 e. The van der Waals surface area contributed by atoms with Crippen LogP contribution in [0.5, 0.6) is 0 Å². The molecule has 0 bridgehead atoms. The molecule has 0 aromatic heterocycles. The maximum absolute atomic E-state index is 10.9. The van der Waals surface area contributed by atoms with Crippen LogP contribution in [-0.4, -0.2) is 22.2 Å². The zero-order valence-corrected chi connectivity index (χ0v) is 10.3. The number of hydrogen-bond acceptors (Lipinski definition) is 3. The fourth-order valence-electron chi connectivity index (χ4n) is 2.48. The molecule has 0 radical (unpaired) electrons. The topological polar surface area (TPSA) is 69.6 Å². The Labute approximate surface area is 107 Å². The zero-order valence-electron chi connectivity index (χ0n) is 10.3. The molecule has 0 spiro atoms. The molecule has 1 aromatic rings. The maximum atomic E-state index is 10.9. The standard InChI is InChI=1S/C14H19NO3/c16-9-10-2-1-3-13(8-10)15-12-6-4-11(5-7-12)14(17)18/h1-3,8,11-12,15-16H,4-7,9H2,(H,17,18). The highest BCUT2D eigenvalue weighted by Crippen LogP contribution is 2.26. The maximum Gasteiger partial charge on any atom is 0.306 e. The lowest BCUT2D eigenvalue weighted by Crippen LogP contribution is -2.29. The number of benzene rings is 1. The Morgan fingerprint density at radius 2 is 2.00 bits per heavy atom. The molecule has 98 valence electrons. The van der Waals surface area contributed by atoms with Crippen molar-refractivity contribution in [1.82, 2.24) is 0 Å². The number of aliphatic hydroxyl groups is 1. The van der Waals surface area contributed by atoms with E-state index < -0.39 is 5.97 Å². The minimum atomic E-state index is -0.671. The average Bonchev–Trinajstić information content (AvgIpc) is 2.39. The van der Waals surface area contributed by atoms with Gasteiger partial charge in [-0.3, -0.25) is 4.79 Å². The van der Waals surface area contributed by atoms with Gasteiger partial charge in [-0.1, -0.05) is 12.1 Å². The number of carboxylic acids is 1. The number of aliphatic carboxylic acids is 1. The molecule has 1 aliphatic carbocycles. The van der Waals surface area contributed by atoms with E-state index in [-0.39, 0.29) is 12.5 Å². The highest BCUT2D eigenvalue weighted by atomic mass is 16.4. The normalized spacial score (nSPS) is 23.6. The quantitative estimate of drug-likeness (QED) is 0.765. The molecule has 4 nitrogen and oxygen atoms in total. The van der Waals surface area contributed by atoms with E-state index in [2.05, 4.69) is 5.32 Å². The Morgan fingerprint density at radius 3 is 2.61 bits per heavy atom. The molecule has 1 saturated carbocycles.